The van der Waals surface area contributed by atoms with Crippen LogP contribution in [0.5, 0.6) is 5.75 Å². The Morgan fingerprint density at radius 1 is 1.00 bits per heavy atom. The van der Waals surface area contributed by atoms with Crippen molar-refractivity contribution in [3.8, 4) is 16.9 Å². The van der Waals surface area contributed by atoms with Crippen molar-refractivity contribution in [2.45, 2.75) is 13.8 Å². The highest BCUT2D eigenvalue weighted by Crippen LogP contribution is 2.30. The van der Waals surface area contributed by atoms with Crippen molar-refractivity contribution in [1.29, 1.82) is 0 Å². The molecule has 0 unspecified atom stereocenters. The van der Waals surface area contributed by atoms with Gasteiger partial charge in [-0.05, 0) is 60.4 Å². The van der Waals surface area contributed by atoms with Gasteiger partial charge in [-0.25, -0.2) is 4.79 Å². The third kappa shape index (κ3) is 5.30. The van der Waals surface area contributed by atoms with E-state index in [0.29, 0.717) is 5.75 Å². The molecule has 0 radical (unpaired) electrons. The number of benzene rings is 2. The topological polar surface area (TPSA) is 89.9 Å². The first-order valence-corrected chi connectivity index (χ1v) is 9.41. The Kier molecular flexibility index (Phi) is 5.81. The van der Waals surface area contributed by atoms with Gasteiger partial charge in [0, 0.05) is 0 Å². The average Bonchev–Trinajstić information content (AvgIpc) is 2.52. The van der Waals surface area contributed by atoms with Gasteiger partial charge in [0.15, 0.2) is 0 Å². The Balaban J connectivity index is 2.15. The van der Waals surface area contributed by atoms with Crippen LogP contribution >= 0.6 is 0 Å². The highest BCUT2D eigenvalue weighted by Gasteiger charge is 2.10. The highest BCUT2D eigenvalue weighted by molar-refractivity contribution is 7.85. The summed E-state index contributed by atoms with van der Waals surface area (Å²) >= 11 is 0. The fraction of sp³-hybridized carbons (Fsp3) is 0.278. The predicted octanol–water partition coefficient (Wildman–Crippen LogP) is 3.02. The number of hydrogen-bond donors (Lipinski definition) is 1. The number of carbonyl (C=O) groups is 1. The fourth-order valence-corrected chi connectivity index (χ4v) is 2.85. The number of rotatable bonds is 7. The number of aryl methyl sites for hydroxylation is 2. The van der Waals surface area contributed by atoms with Gasteiger partial charge in [0.25, 0.3) is 10.1 Å². The molecule has 1 N–H and O–H groups in total. The summed E-state index contributed by atoms with van der Waals surface area (Å²) in [6, 6.07) is 10.5. The number of aromatic carboxylic acids is 1. The van der Waals surface area contributed by atoms with E-state index in [9.17, 15) is 13.2 Å². The van der Waals surface area contributed by atoms with Crippen LogP contribution in [0.2, 0.25) is 0 Å². The van der Waals surface area contributed by atoms with Crippen LogP contribution in [0.25, 0.3) is 11.1 Å². The van der Waals surface area contributed by atoms with Gasteiger partial charge in [-0.3, -0.25) is 4.18 Å². The van der Waals surface area contributed by atoms with Crippen LogP contribution in [0.3, 0.4) is 0 Å². The molecule has 0 aliphatic rings. The first-order valence-electron chi connectivity index (χ1n) is 7.59. The standard InChI is InChI=1S/C18H20O6S/c1-12-10-16(14-4-6-15(7-5-14)18(19)20)11-13(2)17(12)23-8-9-24-25(3,21)22/h4-7,10-11H,8-9H2,1-3H3,(H,19,20). The van der Waals surface area contributed by atoms with Crippen LogP contribution in [0.15, 0.2) is 36.4 Å². The SMILES string of the molecule is Cc1cc(-c2ccc(C(=O)O)cc2)cc(C)c1OCCOS(C)(=O)=O. The van der Waals surface area contributed by atoms with Crippen molar-refractivity contribution in [3.63, 3.8) is 0 Å². The Labute approximate surface area is 147 Å². The summed E-state index contributed by atoms with van der Waals surface area (Å²) in [6.45, 7) is 3.88. The third-order valence-corrected chi connectivity index (χ3v) is 4.15. The van der Waals surface area contributed by atoms with E-state index in [4.69, 9.17) is 9.84 Å². The van der Waals surface area contributed by atoms with Crippen LogP contribution in [-0.2, 0) is 14.3 Å². The molecule has 0 saturated heterocycles. The summed E-state index contributed by atoms with van der Waals surface area (Å²) in [6.07, 6.45) is 0.994. The Hall–Kier alpha value is -2.38. The lowest BCUT2D eigenvalue weighted by atomic mass is 9.99. The predicted molar refractivity (Wildman–Crippen MR) is 94.6 cm³/mol. The molecule has 0 aromatic heterocycles. The fourth-order valence-electron chi connectivity index (χ4n) is 2.48. The summed E-state index contributed by atoms with van der Waals surface area (Å²) < 4.78 is 32.1. The van der Waals surface area contributed by atoms with E-state index < -0.39 is 16.1 Å². The molecule has 2 rings (SSSR count). The first kappa shape index (κ1) is 19.0. The van der Waals surface area contributed by atoms with E-state index >= 15 is 0 Å². The molecule has 0 saturated carbocycles. The van der Waals surface area contributed by atoms with Crippen LogP contribution < -0.4 is 4.74 Å². The van der Waals surface area contributed by atoms with Crippen LogP contribution in [-0.4, -0.2) is 39.0 Å². The van der Waals surface area contributed by atoms with Gasteiger partial charge in [0.2, 0.25) is 0 Å². The van der Waals surface area contributed by atoms with Gasteiger partial charge >= 0.3 is 5.97 Å². The van der Waals surface area contributed by atoms with Crippen molar-refractivity contribution in [2.75, 3.05) is 19.5 Å². The average molecular weight is 364 g/mol. The molecule has 0 bridgehead atoms. The molecule has 0 spiro atoms. The summed E-state index contributed by atoms with van der Waals surface area (Å²) in [5.74, 6) is -0.276. The zero-order chi connectivity index (χ0) is 18.6. The quantitative estimate of drug-likeness (QED) is 0.600. The van der Waals surface area contributed by atoms with E-state index in [1.807, 2.05) is 26.0 Å². The Morgan fingerprint density at radius 3 is 2.04 bits per heavy atom. The molecule has 0 aliphatic carbocycles. The number of carboxylic acids is 1. The van der Waals surface area contributed by atoms with Crippen molar-refractivity contribution >= 4 is 16.1 Å². The molecule has 0 amide bonds. The third-order valence-electron chi connectivity index (χ3n) is 3.55. The molecule has 0 fully saturated rings. The van der Waals surface area contributed by atoms with Crippen molar-refractivity contribution in [1.82, 2.24) is 0 Å². The first-order chi connectivity index (χ1) is 11.7. The zero-order valence-electron chi connectivity index (χ0n) is 14.3. The molecule has 25 heavy (non-hydrogen) atoms. The Morgan fingerprint density at radius 2 is 1.56 bits per heavy atom. The lowest BCUT2D eigenvalue weighted by Crippen LogP contribution is -2.12. The van der Waals surface area contributed by atoms with E-state index in [2.05, 4.69) is 4.18 Å². The van der Waals surface area contributed by atoms with E-state index in [1.165, 1.54) is 0 Å². The van der Waals surface area contributed by atoms with E-state index in [-0.39, 0.29) is 18.8 Å². The van der Waals surface area contributed by atoms with E-state index in [1.54, 1.807) is 24.3 Å². The smallest absolute Gasteiger partial charge is 0.335 e. The maximum Gasteiger partial charge on any atom is 0.335 e. The summed E-state index contributed by atoms with van der Waals surface area (Å²) in [5, 5.41) is 8.96. The minimum absolute atomic E-state index is 0.0455. The molecule has 7 heteroatoms. The summed E-state index contributed by atoms with van der Waals surface area (Å²) in [5.41, 5.74) is 3.89. The monoisotopic (exact) mass is 364 g/mol. The maximum atomic E-state index is 10.9. The molecular weight excluding hydrogens is 344 g/mol. The molecule has 0 atom stereocenters. The van der Waals surface area contributed by atoms with Gasteiger partial charge in [-0.15, -0.1) is 0 Å². The highest BCUT2D eigenvalue weighted by atomic mass is 32.2. The lowest BCUT2D eigenvalue weighted by molar-refractivity contribution is 0.0697. The van der Waals surface area contributed by atoms with E-state index in [0.717, 1.165) is 28.5 Å². The minimum atomic E-state index is -3.47. The number of carboxylic acid groups (broad SMARTS) is 1. The van der Waals surface area contributed by atoms with Crippen molar-refractivity contribution < 1.29 is 27.2 Å². The second-order valence-corrected chi connectivity index (χ2v) is 7.34. The largest absolute Gasteiger partial charge is 0.491 e. The molecule has 6 nitrogen and oxygen atoms in total. The van der Waals surface area contributed by atoms with Crippen LogP contribution in [0, 0.1) is 13.8 Å². The maximum absolute atomic E-state index is 10.9. The molecule has 0 heterocycles. The molecule has 2 aromatic rings. The van der Waals surface area contributed by atoms with Crippen molar-refractivity contribution in [3.05, 3.63) is 53.1 Å². The van der Waals surface area contributed by atoms with Gasteiger partial charge < -0.3 is 9.84 Å². The zero-order valence-corrected chi connectivity index (χ0v) is 15.1. The van der Waals surface area contributed by atoms with Gasteiger partial charge in [-0.2, -0.15) is 8.42 Å². The lowest BCUT2D eigenvalue weighted by Gasteiger charge is -2.14. The number of ether oxygens (including phenoxy) is 1. The van der Waals surface area contributed by atoms with Gasteiger partial charge in [0.1, 0.15) is 19.0 Å². The minimum Gasteiger partial charge on any atom is -0.491 e. The molecule has 134 valence electrons. The summed E-state index contributed by atoms with van der Waals surface area (Å²) in [7, 11) is -3.47. The molecule has 0 aliphatic heterocycles. The van der Waals surface area contributed by atoms with Gasteiger partial charge in [-0.1, -0.05) is 12.1 Å². The molecular formula is C18H20O6S. The normalized spacial score (nSPS) is 11.3. The molecule has 2 aromatic carbocycles. The van der Waals surface area contributed by atoms with Gasteiger partial charge in [0.05, 0.1) is 11.8 Å². The Bertz CT molecular complexity index is 846. The van der Waals surface area contributed by atoms with Crippen LogP contribution in [0.4, 0.5) is 0 Å². The second kappa shape index (κ2) is 7.67. The number of hydrogen-bond acceptors (Lipinski definition) is 5. The second-order valence-electron chi connectivity index (χ2n) is 5.70. The van der Waals surface area contributed by atoms with Crippen LogP contribution in [0.1, 0.15) is 21.5 Å². The summed E-state index contributed by atoms with van der Waals surface area (Å²) in [4.78, 5) is 10.9. The van der Waals surface area contributed by atoms with Crippen molar-refractivity contribution in [2.24, 2.45) is 0 Å².